The number of rotatable bonds is 12. The summed E-state index contributed by atoms with van der Waals surface area (Å²) in [6, 6.07) is 42.0. The maximum absolute atomic E-state index is 13.4. The number of benzene rings is 5. The van der Waals surface area contributed by atoms with E-state index in [0.717, 1.165) is 57.7 Å². The van der Waals surface area contributed by atoms with Gasteiger partial charge < -0.3 is 39.8 Å². The van der Waals surface area contributed by atoms with E-state index in [4.69, 9.17) is 14.2 Å². The van der Waals surface area contributed by atoms with Crippen molar-refractivity contribution in [3.8, 4) is 11.1 Å². The van der Waals surface area contributed by atoms with Gasteiger partial charge in [-0.3, -0.25) is 19.3 Å². The van der Waals surface area contributed by atoms with Gasteiger partial charge in [-0.05, 0) is 70.5 Å². The lowest BCUT2D eigenvalue weighted by Crippen LogP contribution is -2.57. The molecule has 0 aliphatic carbocycles. The van der Waals surface area contributed by atoms with Gasteiger partial charge in [-0.15, -0.1) is 0 Å². The first-order valence-electron chi connectivity index (χ1n) is 22.0. The summed E-state index contributed by atoms with van der Waals surface area (Å²) in [5, 5.41) is 15.4. The molecule has 1 spiro atoms. The van der Waals surface area contributed by atoms with Crippen molar-refractivity contribution in [3.05, 3.63) is 161 Å². The Kier molecular flexibility index (Phi) is 12.6. The molecule has 1 unspecified atom stereocenters. The number of ether oxygens (including phenoxy) is 3. The summed E-state index contributed by atoms with van der Waals surface area (Å²) in [5.74, 6) is -0.786. The fraction of sp³-hybridized carbons (Fsp3) is 0.333. The second kappa shape index (κ2) is 18.8. The van der Waals surface area contributed by atoms with Crippen LogP contribution in [0.1, 0.15) is 66.4 Å². The van der Waals surface area contributed by atoms with Gasteiger partial charge >= 0.3 is 6.09 Å². The van der Waals surface area contributed by atoms with E-state index in [9.17, 15) is 24.3 Å². The zero-order valence-electron chi connectivity index (χ0n) is 35.8. The zero-order valence-corrected chi connectivity index (χ0v) is 35.8. The number of carbonyl (C=O) groups excluding carboxylic acids is 4. The van der Waals surface area contributed by atoms with Crippen LogP contribution in [0.15, 0.2) is 133 Å². The first-order valence-corrected chi connectivity index (χ1v) is 22.0. The molecule has 4 saturated heterocycles. The number of nitrogens with one attached hydrogen (secondary N) is 2. The van der Waals surface area contributed by atoms with Gasteiger partial charge in [0.1, 0.15) is 18.2 Å². The number of amides is 4. The number of hydrogen-bond donors (Lipinski definition) is 3. The molecule has 0 radical (unpaired) electrons. The predicted molar refractivity (Wildman–Crippen MR) is 239 cm³/mol. The van der Waals surface area contributed by atoms with Gasteiger partial charge in [0.2, 0.25) is 11.8 Å². The number of piperidine rings is 1. The lowest BCUT2D eigenvalue weighted by Gasteiger charge is -2.46. The Morgan fingerprint density at radius 2 is 1.48 bits per heavy atom. The minimum absolute atomic E-state index is 0.0201. The van der Waals surface area contributed by atoms with Crippen LogP contribution in [0.5, 0.6) is 0 Å². The van der Waals surface area contributed by atoms with Crippen LogP contribution in [-0.2, 0) is 48.4 Å². The van der Waals surface area contributed by atoms with E-state index in [2.05, 4.69) is 45.6 Å². The molecule has 0 saturated carbocycles. The van der Waals surface area contributed by atoms with E-state index < -0.39 is 29.9 Å². The third-order valence-corrected chi connectivity index (χ3v) is 13.2. The number of anilines is 1. The van der Waals surface area contributed by atoms with Crippen molar-refractivity contribution < 1.29 is 38.5 Å². The van der Waals surface area contributed by atoms with Crippen LogP contribution >= 0.6 is 0 Å². The highest BCUT2D eigenvalue weighted by Crippen LogP contribution is 2.43. The number of nitrogens with zero attached hydrogens (tertiary/aromatic N) is 3. The molecule has 4 amide bonds. The van der Waals surface area contributed by atoms with Crippen LogP contribution in [0.2, 0.25) is 0 Å². The summed E-state index contributed by atoms with van der Waals surface area (Å²) in [6.07, 6.45) is -0.700. The monoisotopic (exact) mass is 863 g/mol. The number of hydrogen-bond acceptors (Lipinski definition) is 10. The average Bonchev–Trinajstić information content (AvgIpc) is 3.79. The number of aliphatic hydroxyl groups excluding tert-OH is 1. The van der Waals surface area contributed by atoms with E-state index in [1.165, 1.54) is 4.90 Å². The van der Waals surface area contributed by atoms with Crippen molar-refractivity contribution in [2.45, 2.75) is 76.0 Å². The van der Waals surface area contributed by atoms with Gasteiger partial charge in [0.25, 0.3) is 5.91 Å². The second-order valence-corrected chi connectivity index (χ2v) is 17.2. The molecule has 330 valence electrons. The van der Waals surface area contributed by atoms with Crippen LogP contribution < -0.4 is 15.5 Å². The minimum Gasteiger partial charge on any atom is -0.445 e. The summed E-state index contributed by atoms with van der Waals surface area (Å²) >= 11 is 0. The largest absolute Gasteiger partial charge is 0.445 e. The van der Waals surface area contributed by atoms with E-state index in [1.54, 1.807) is 0 Å². The Labute approximate surface area is 372 Å². The molecule has 3 N–H and O–H groups in total. The molecule has 4 aliphatic rings. The molecule has 13 heteroatoms. The molecule has 9 rings (SSSR count). The van der Waals surface area contributed by atoms with Gasteiger partial charge in [0.05, 0.1) is 38.4 Å². The first-order chi connectivity index (χ1) is 31.2. The predicted octanol–water partition coefficient (Wildman–Crippen LogP) is 6.62. The van der Waals surface area contributed by atoms with E-state index in [-0.39, 0.29) is 56.1 Å². The summed E-state index contributed by atoms with van der Waals surface area (Å²) in [6.45, 7) is 4.86. The molecule has 4 heterocycles. The maximum atomic E-state index is 13.4. The van der Waals surface area contributed by atoms with Crippen LogP contribution in [0.4, 0.5) is 10.5 Å². The van der Waals surface area contributed by atoms with Gasteiger partial charge in [0, 0.05) is 36.8 Å². The molecule has 5 aromatic rings. The Hall–Kier alpha value is -6.38. The van der Waals surface area contributed by atoms with Crippen molar-refractivity contribution in [3.63, 3.8) is 0 Å². The fourth-order valence-electron chi connectivity index (χ4n) is 9.49. The molecule has 64 heavy (non-hydrogen) atoms. The fourth-order valence-corrected chi connectivity index (χ4v) is 9.49. The lowest BCUT2D eigenvalue weighted by molar-refractivity contribution is -0.276. The Morgan fingerprint density at radius 3 is 2.22 bits per heavy atom. The first kappa shape index (κ1) is 42.9. The number of para-hydroxylation sites is 1. The average molecular weight is 864 g/mol. The SMILES string of the molecule is C[C@H]1[C@@H](CN2CCC3(CC2)C(=O)NCN3c2ccccc2)O[C@@H](c2cccc(-c3cccc(CN4C(=O)CC(NC(=O)OCc5ccccc5)C4=O)c3)c2)O[C@H]1c1ccc(CO)cc1. The molecule has 13 nitrogen and oxygen atoms in total. The van der Waals surface area contributed by atoms with Crippen molar-refractivity contribution in [2.75, 3.05) is 31.2 Å². The van der Waals surface area contributed by atoms with Crippen molar-refractivity contribution in [1.29, 1.82) is 0 Å². The van der Waals surface area contributed by atoms with Crippen LogP contribution in [-0.4, -0.2) is 82.7 Å². The van der Waals surface area contributed by atoms with Gasteiger partial charge in [-0.25, -0.2) is 4.79 Å². The summed E-state index contributed by atoms with van der Waals surface area (Å²) in [5.41, 5.74) is 6.48. The lowest BCUT2D eigenvalue weighted by atomic mass is 9.84. The van der Waals surface area contributed by atoms with Crippen LogP contribution in [0, 0.1) is 5.92 Å². The normalized spacial score (nSPS) is 23.3. The van der Waals surface area contributed by atoms with Gasteiger partial charge in [-0.1, -0.05) is 116 Å². The Morgan fingerprint density at radius 1 is 0.797 bits per heavy atom. The highest BCUT2D eigenvalue weighted by atomic mass is 16.7. The molecule has 5 atom stereocenters. The van der Waals surface area contributed by atoms with Crippen LogP contribution in [0.3, 0.4) is 0 Å². The highest BCUT2D eigenvalue weighted by molar-refractivity contribution is 6.06. The third-order valence-electron chi connectivity index (χ3n) is 13.2. The van der Waals surface area contributed by atoms with E-state index >= 15 is 0 Å². The highest BCUT2D eigenvalue weighted by Gasteiger charge is 2.51. The number of likely N-dealkylation sites (tertiary alicyclic amines) is 2. The van der Waals surface area contributed by atoms with E-state index in [0.29, 0.717) is 26.1 Å². The Bertz CT molecular complexity index is 2460. The topological polar surface area (TPSA) is 150 Å². The summed E-state index contributed by atoms with van der Waals surface area (Å²) < 4.78 is 19.0. The molecule has 4 fully saturated rings. The third kappa shape index (κ3) is 9.02. The summed E-state index contributed by atoms with van der Waals surface area (Å²) in [4.78, 5) is 58.1. The number of alkyl carbamates (subject to hydrolysis) is 1. The Balaban J connectivity index is 0.890. The molecule has 0 bridgehead atoms. The zero-order chi connectivity index (χ0) is 44.2. The number of imide groups is 1. The minimum atomic E-state index is -1.00. The molecular weight excluding hydrogens is 811 g/mol. The molecule has 5 aromatic carbocycles. The quantitative estimate of drug-likeness (QED) is 0.117. The standard InChI is InChI=1S/C51H53N5O8/c1-34-44(30-54-24-22-51(23-25-54)49(60)52-33-56(51)42-16-6-3-7-17-42)63-48(64-46(34)38-20-18-35(31-57)19-21-38)41-15-9-14-40(27-41)39-13-8-12-37(26-39)29-55-45(58)28-43(47(55)59)53-50(61)62-32-36-10-4-2-5-11-36/h2-21,26-27,34,43-44,46,48,57H,22-25,28-33H2,1H3,(H,52,60)(H,53,61)/t34-,43?,44+,46+,48+/m0/s1. The molecular formula is C51H53N5O8. The maximum Gasteiger partial charge on any atom is 0.408 e. The second-order valence-electron chi connectivity index (χ2n) is 17.2. The van der Waals surface area contributed by atoms with E-state index in [1.807, 2.05) is 115 Å². The van der Waals surface area contributed by atoms with Crippen molar-refractivity contribution >= 4 is 29.5 Å². The molecule has 4 aliphatic heterocycles. The number of aliphatic hydroxyl groups is 1. The molecule has 0 aromatic heterocycles. The van der Waals surface area contributed by atoms with Gasteiger partial charge in [-0.2, -0.15) is 0 Å². The van der Waals surface area contributed by atoms with Gasteiger partial charge in [0.15, 0.2) is 6.29 Å². The van der Waals surface area contributed by atoms with Crippen LogP contribution in [0.25, 0.3) is 11.1 Å². The number of carbonyl (C=O) groups is 4. The summed E-state index contributed by atoms with van der Waals surface area (Å²) in [7, 11) is 0. The van der Waals surface area contributed by atoms with Crippen molar-refractivity contribution in [2.24, 2.45) is 5.92 Å². The van der Waals surface area contributed by atoms with Crippen molar-refractivity contribution in [1.82, 2.24) is 20.4 Å². The smallest absolute Gasteiger partial charge is 0.408 e.